The molecule has 3 aromatic rings. The fourth-order valence-corrected chi connectivity index (χ4v) is 3.08. The molecule has 2 aromatic carbocycles. The largest absolute Gasteiger partial charge is 0.490 e. The molecule has 170 valence electrons. The van der Waals surface area contributed by atoms with E-state index in [-0.39, 0.29) is 12.4 Å². The third kappa shape index (κ3) is 6.13. The molecular weight excluding hydrogens is 434 g/mol. The maximum atomic E-state index is 12.4. The van der Waals surface area contributed by atoms with Crippen molar-refractivity contribution in [3.05, 3.63) is 47.0 Å². The van der Waals surface area contributed by atoms with Gasteiger partial charge < -0.3 is 19.5 Å². The van der Waals surface area contributed by atoms with Gasteiger partial charge in [0.1, 0.15) is 5.75 Å². The van der Waals surface area contributed by atoms with E-state index in [2.05, 4.69) is 15.6 Å². The molecule has 32 heavy (non-hydrogen) atoms. The molecule has 1 N–H and O–H groups in total. The van der Waals surface area contributed by atoms with E-state index in [4.69, 9.17) is 30.4 Å². The zero-order valence-corrected chi connectivity index (χ0v) is 19.1. The summed E-state index contributed by atoms with van der Waals surface area (Å²) in [5, 5.41) is 11.0. The highest BCUT2D eigenvalue weighted by Crippen LogP contribution is 2.34. The van der Waals surface area contributed by atoms with E-state index in [0.717, 1.165) is 18.4 Å². The molecule has 1 amide bonds. The van der Waals surface area contributed by atoms with Crippen LogP contribution in [0.5, 0.6) is 17.2 Å². The van der Waals surface area contributed by atoms with Gasteiger partial charge in [-0.05, 0) is 72.0 Å². The predicted molar refractivity (Wildman–Crippen MR) is 122 cm³/mol. The van der Waals surface area contributed by atoms with Crippen LogP contribution in [0.25, 0.3) is 11.3 Å². The molecule has 0 atom stereocenters. The summed E-state index contributed by atoms with van der Waals surface area (Å²) in [6, 6.07) is 10.6. The molecule has 0 aliphatic heterocycles. The summed E-state index contributed by atoms with van der Waals surface area (Å²) in [5.74, 6) is 1.61. The summed E-state index contributed by atoms with van der Waals surface area (Å²) in [5.41, 5.74) is 1.88. The maximum absolute atomic E-state index is 12.4. The Morgan fingerprint density at radius 3 is 2.41 bits per heavy atom. The quantitative estimate of drug-likeness (QED) is 0.416. The van der Waals surface area contributed by atoms with Crippen LogP contribution in [-0.4, -0.2) is 36.0 Å². The Balaban J connectivity index is 1.71. The van der Waals surface area contributed by atoms with Gasteiger partial charge in [-0.25, -0.2) is 4.63 Å². The van der Waals surface area contributed by atoms with E-state index in [9.17, 15) is 4.79 Å². The minimum atomic E-state index is -0.401. The van der Waals surface area contributed by atoms with Crippen LogP contribution in [-0.2, 0) is 4.79 Å². The van der Waals surface area contributed by atoms with E-state index < -0.39 is 5.91 Å². The van der Waals surface area contributed by atoms with Crippen LogP contribution in [0.2, 0.25) is 5.02 Å². The summed E-state index contributed by atoms with van der Waals surface area (Å²) in [6.45, 7) is 6.85. The first kappa shape index (κ1) is 23.4. The van der Waals surface area contributed by atoms with Crippen LogP contribution in [0.3, 0.4) is 0 Å². The lowest BCUT2D eigenvalue weighted by molar-refractivity contribution is -0.118. The van der Waals surface area contributed by atoms with E-state index in [0.29, 0.717) is 46.7 Å². The number of rotatable bonds is 11. The number of nitrogens with one attached hydrogen (secondary N) is 1. The van der Waals surface area contributed by atoms with Crippen molar-refractivity contribution >= 4 is 23.3 Å². The van der Waals surface area contributed by atoms with Crippen LogP contribution in [0, 0.1) is 6.92 Å². The SMILES string of the molecule is CCCOc1ccc(-c2nonc2NC(=O)COc2ccc(Cl)cc2C)cc1OCCC. The van der Waals surface area contributed by atoms with Gasteiger partial charge in [-0.15, -0.1) is 0 Å². The number of nitrogens with zero attached hydrogens (tertiary/aromatic N) is 2. The summed E-state index contributed by atoms with van der Waals surface area (Å²) < 4.78 is 22.0. The van der Waals surface area contributed by atoms with Crippen molar-refractivity contribution in [3.63, 3.8) is 0 Å². The summed E-state index contributed by atoms with van der Waals surface area (Å²) in [6.07, 6.45) is 1.74. The Morgan fingerprint density at radius 2 is 1.69 bits per heavy atom. The second-order valence-corrected chi connectivity index (χ2v) is 7.50. The number of carbonyl (C=O) groups is 1. The van der Waals surface area contributed by atoms with E-state index in [1.165, 1.54) is 0 Å². The van der Waals surface area contributed by atoms with Gasteiger partial charge >= 0.3 is 0 Å². The Hall–Kier alpha value is -3.26. The van der Waals surface area contributed by atoms with E-state index >= 15 is 0 Å². The average molecular weight is 460 g/mol. The van der Waals surface area contributed by atoms with Crippen LogP contribution in [0.4, 0.5) is 5.82 Å². The smallest absolute Gasteiger partial charge is 0.263 e. The van der Waals surface area contributed by atoms with Gasteiger partial charge in [0.15, 0.2) is 23.8 Å². The Morgan fingerprint density at radius 1 is 0.969 bits per heavy atom. The highest BCUT2D eigenvalue weighted by atomic mass is 35.5. The average Bonchev–Trinajstić information content (AvgIpc) is 3.23. The zero-order chi connectivity index (χ0) is 22.9. The van der Waals surface area contributed by atoms with Crippen molar-refractivity contribution < 1.29 is 23.6 Å². The molecule has 1 heterocycles. The van der Waals surface area contributed by atoms with Crippen molar-refractivity contribution in [3.8, 4) is 28.5 Å². The standard InChI is InChI=1S/C23H26ClN3O5/c1-4-10-29-19-8-6-16(13-20(19)30-11-5-2)22-23(27-32-26-22)25-21(28)14-31-18-9-7-17(24)12-15(18)3/h6-9,12-13H,4-5,10-11,14H2,1-3H3,(H,25,27,28). The Labute approximate surface area is 191 Å². The molecule has 0 radical (unpaired) electrons. The second-order valence-electron chi connectivity index (χ2n) is 7.07. The van der Waals surface area contributed by atoms with Crippen molar-refractivity contribution in [2.45, 2.75) is 33.6 Å². The van der Waals surface area contributed by atoms with Crippen molar-refractivity contribution in [1.82, 2.24) is 10.3 Å². The normalized spacial score (nSPS) is 10.6. The molecule has 1 aromatic heterocycles. The van der Waals surface area contributed by atoms with Gasteiger partial charge in [0, 0.05) is 10.6 Å². The first-order chi connectivity index (χ1) is 15.5. The Bertz CT molecular complexity index is 1050. The summed E-state index contributed by atoms with van der Waals surface area (Å²) >= 11 is 5.95. The molecule has 0 saturated heterocycles. The van der Waals surface area contributed by atoms with Gasteiger partial charge in [-0.1, -0.05) is 25.4 Å². The lowest BCUT2D eigenvalue weighted by Gasteiger charge is -2.13. The van der Waals surface area contributed by atoms with Crippen molar-refractivity contribution in [2.75, 3.05) is 25.1 Å². The van der Waals surface area contributed by atoms with Gasteiger partial charge in [0.2, 0.25) is 5.82 Å². The van der Waals surface area contributed by atoms with E-state index in [1.807, 2.05) is 32.9 Å². The number of hydrogen-bond donors (Lipinski definition) is 1. The first-order valence-corrected chi connectivity index (χ1v) is 10.8. The third-order valence-corrected chi connectivity index (χ3v) is 4.62. The van der Waals surface area contributed by atoms with Gasteiger partial charge in [0.25, 0.3) is 5.91 Å². The van der Waals surface area contributed by atoms with Gasteiger partial charge in [-0.2, -0.15) is 0 Å². The summed E-state index contributed by atoms with van der Waals surface area (Å²) in [4.78, 5) is 12.4. The lowest BCUT2D eigenvalue weighted by Crippen LogP contribution is -2.21. The van der Waals surface area contributed by atoms with Gasteiger partial charge in [-0.3, -0.25) is 4.79 Å². The molecule has 0 aliphatic carbocycles. The molecule has 0 unspecified atom stereocenters. The molecule has 0 saturated carbocycles. The number of benzene rings is 2. The number of hydrogen-bond acceptors (Lipinski definition) is 7. The number of amides is 1. The predicted octanol–water partition coefficient (Wildman–Crippen LogP) is 5.29. The van der Waals surface area contributed by atoms with Gasteiger partial charge in [0.05, 0.1) is 13.2 Å². The molecular formula is C23H26ClN3O5. The molecule has 0 spiro atoms. The zero-order valence-electron chi connectivity index (χ0n) is 18.3. The van der Waals surface area contributed by atoms with Crippen LogP contribution >= 0.6 is 11.6 Å². The monoisotopic (exact) mass is 459 g/mol. The third-order valence-electron chi connectivity index (χ3n) is 4.38. The fraction of sp³-hybridized carbons (Fsp3) is 0.348. The molecule has 0 aliphatic rings. The maximum Gasteiger partial charge on any atom is 0.263 e. The van der Waals surface area contributed by atoms with Crippen molar-refractivity contribution in [2.24, 2.45) is 0 Å². The minimum Gasteiger partial charge on any atom is -0.490 e. The number of anilines is 1. The molecule has 0 bridgehead atoms. The van der Waals surface area contributed by atoms with Crippen molar-refractivity contribution in [1.29, 1.82) is 0 Å². The van der Waals surface area contributed by atoms with Crippen LogP contribution < -0.4 is 19.5 Å². The lowest BCUT2D eigenvalue weighted by atomic mass is 10.1. The molecule has 0 fully saturated rings. The highest BCUT2D eigenvalue weighted by Gasteiger charge is 2.18. The number of halogens is 1. The number of carbonyl (C=O) groups excluding carboxylic acids is 1. The Kier molecular flexibility index (Phi) is 8.33. The second kappa shape index (κ2) is 11.4. The molecule has 3 rings (SSSR count). The fourth-order valence-electron chi connectivity index (χ4n) is 2.86. The topological polar surface area (TPSA) is 95.7 Å². The highest BCUT2D eigenvalue weighted by molar-refractivity contribution is 6.30. The van der Waals surface area contributed by atoms with Crippen LogP contribution in [0.1, 0.15) is 32.3 Å². The summed E-state index contributed by atoms with van der Waals surface area (Å²) in [7, 11) is 0. The van der Waals surface area contributed by atoms with E-state index in [1.54, 1.807) is 24.3 Å². The first-order valence-electron chi connectivity index (χ1n) is 10.4. The molecule has 9 heteroatoms. The number of ether oxygens (including phenoxy) is 3. The number of aromatic nitrogens is 2. The minimum absolute atomic E-state index is 0.190. The number of aryl methyl sites for hydroxylation is 1. The molecule has 8 nitrogen and oxygen atoms in total. The van der Waals surface area contributed by atoms with Crippen LogP contribution in [0.15, 0.2) is 41.0 Å².